The number of hydrogen-bond acceptors (Lipinski definition) is 6. The summed E-state index contributed by atoms with van der Waals surface area (Å²) in [6.07, 6.45) is 4.22. The molecule has 0 bridgehead atoms. The average Bonchev–Trinajstić information content (AvgIpc) is 3.34. The maximum atomic E-state index is 9.44. The number of aliphatic imine (C=N–C) groups is 1. The molecule has 1 aliphatic rings. The Bertz CT molecular complexity index is 772. The van der Waals surface area contributed by atoms with Crippen LogP contribution in [0, 0.1) is 18.3 Å². The molecule has 0 saturated carbocycles. The summed E-state index contributed by atoms with van der Waals surface area (Å²) >= 11 is 1.52. The third-order valence-corrected chi connectivity index (χ3v) is 5.70. The zero-order valence-corrected chi connectivity index (χ0v) is 16.1. The van der Waals surface area contributed by atoms with Crippen LogP contribution < -0.4 is 4.74 Å². The second kappa shape index (κ2) is 8.93. The molecule has 2 heterocycles. The van der Waals surface area contributed by atoms with Crippen molar-refractivity contribution in [3.05, 3.63) is 45.9 Å². The fourth-order valence-corrected chi connectivity index (χ4v) is 4.05. The first-order valence-corrected chi connectivity index (χ1v) is 9.79. The van der Waals surface area contributed by atoms with Gasteiger partial charge in [-0.25, -0.2) is 4.98 Å². The van der Waals surface area contributed by atoms with E-state index >= 15 is 0 Å². The Balaban J connectivity index is 1.73. The van der Waals surface area contributed by atoms with Gasteiger partial charge in [0.2, 0.25) is 0 Å². The van der Waals surface area contributed by atoms with Gasteiger partial charge in [-0.15, -0.1) is 11.3 Å². The van der Waals surface area contributed by atoms with Gasteiger partial charge in [-0.05, 0) is 50.6 Å². The molecule has 6 heteroatoms. The van der Waals surface area contributed by atoms with Crippen molar-refractivity contribution in [2.45, 2.75) is 31.7 Å². The van der Waals surface area contributed by atoms with Gasteiger partial charge in [-0.3, -0.25) is 9.89 Å². The highest BCUT2D eigenvalue weighted by molar-refractivity contribution is 7.09. The first-order valence-electron chi connectivity index (χ1n) is 8.91. The summed E-state index contributed by atoms with van der Waals surface area (Å²) in [5.41, 5.74) is 2.19. The summed E-state index contributed by atoms with van der Waals surface area (Å²) < 4.78 is 5.27. The minimum atomic E-state index is -0.371. The number of hydrogen-bond donors (Lipinski definition) is 0. The largest absolute Gasteiger partial charge is 0.497 e. The van der Waals surface area contributed by atoms with Crippen molar-refractivity contribution in [3.8, 4) is 11.8 Å². The molecule has 26 heavy (non-hydrogen) atoms. The van der Waals surface area contributed by atoms with Gasteiger partial charge in [-0.2, -0.15) is 5.26 Å². The standard InChI is InChI=1S/C20H24N4OS/c1-15-14-26-20(23-15)17(11-21)12-22-13-19(24-9-3-4-10-24)16-5-7-18(25-2)8-6-16/h5-8,12,14,17,19H,3-4,9-10,13H2,1-2H3/t17-,19+/m0/s1. The third-order valence-electron chi connectivity index (χ3n) is 4.66. The smallest absolute Gasteiger partial charge is 0.133 e. The Labute approximate surface area is 159 Å². The number of methoxy groups -OCH3 is 1. The van der Waals surface area contributed by atoms with Crippen LogP contribution in [0.3, 0.4) is 0 Å². The highest BCUT2D eigenvalue weighted by atomic mass is 32.1. The van der Waals surface area contributed by atoms with Crippen LogP contribution in [0.1, 0.15) is 41.1 Å². The molecule has 5 nitrogen and oxygen atoms in total. The average molecular weight is 369 g/mol. The predicted molar refractivity (Wildman–Crippen MR) is 105 cm³/mol. The molecule has 0 amide bonds. The number of likely N-dealkylation sites (tertiary alicyclic amines) is 1. The molecule has 2 atom stereocenters. The number of thiazole rings is 1. The summed E-state index contributed by atoms with van der Waals surface area (Å²) in [7, 11) is 1.68. The quantitative estimate of drug-likeness (QED) is 0.694. The third kappa shape index (κ3) is 4.48. The van der Waals surface area contributed by atoms with Crippen LogP contribution in [0.15, 0.2) is 34.6 Å². The molecule has 1 fully saturated rings. The van der Waals surface area contributed by atoms with Crippen LogP contribution in [0.25, 0.3) is 0 Å². The lowest BCUT2D eigenvalue weighted by Crippen LogP contribution is -2.27. The van der Waals surface area contributed by atoms with E-state index in [2.05, 4.69) is 33.1 Å². The summed E-state index contributed by atoms with van der Waals surface area (Å²) in [6, 6.07) is 10.8. The molecule has 0 radical (unpaired) electrons. The van der Waals surface area contributed by atoms with Crippen LogP contribution in [0.5, 0.6) is 5.75 Å². The van der Waals surface area contributed by atoms with Crippen LogP contribution in [0.4, 0.5) is 0 Å². The van der Waals surface area contributed by atoms with Gasteiger partial charge in [0, 0.05) is 17.3 Å². The monoisotopic (exact) mass is 368 g/mol. The molecule has 3 rings (SSSR count). The fourth-order valence-electron chi connectivity index (χ4n) is 3.24. The number of benzene rings is 1. The van der Waals surface area contributed by atoms with Crippen molar-refractivity contribution in [2.24, 2.45) is 4.99 Å². The Morgan fingerprint density at radius 1 is 1.35 bits per heavy atom. The van der Waals surface area contributed by atoms with Crippen LogP contribution in [-0.2, 0) is 0 Å². The van der Waals surface area contributed by atoms with E-state index in [0.29, 0.717) is 6.54 Å². The van der Waals surface area contributed by atoms with Gasteiger partial charge in [0.25, 0.3) is 0 Å². The molecule has 1 aromatic carbocycles. The highest BCUT2D eigenvalue weighted by Gasteiger charge is 2.23. The number of rotatable bonds is 7. The van der Waals surface area contributed by atoms with Gasteiger partial charge in [0.15, 0.2) is 0 Å². The molecule has 0 spiro atoms. The molecule has 0 aliphatic carbocycles. The van der Waals surface area contributed by atoms with Crippen molar-refractivity contribution >= 4 is 17.6 Å². The van der Waals surface area contributed by atoms with Crippen molar-refractivity contribution in [2.75, 3.05) is 26.7 Å². The predicted octanol–water partition coefficient (Wildman–Crippen LogP) is 3.98. The van der Waals surface area contributed by atoms with Gasteiger partial charge >= 0.3 is 0 Å². The lowest BCUT2D eigenvalue weighted by Gasteiger charge is -2.26. The molecule has 0 N–H and O–H groups in total. The van der Waals surface area contributed by atoms with E-state index in [1.165, 1.54) is 29.7 Å². The molecule has 136 valence electrons. The summed E-state index contributed by atoms with van der Waals surface area (Å²) in [5.74, 6) is 0.491. The maximum Gasteiger partial charge on any atom is 0.133 e. The second-order valence-corrected chi connectivity index (χ2v) is 7.37. The van der Waals surface area contributed by atoms with Crippen LogP contribution in [-0.4, -0.2) is 42.8 Å². The first-order chi connectivity index (χ1) is 12.7. The van der Waals surface area contributed by atoms with Crippen molar-refractivity contribution in [1.29, 1.82) is 5.26 Å². The molecular formula is C20H24N4OS. The molecule has 2 aromatic rings. The van der Waals surface area contributed by atoms with Crippen LogP contribution >= 0.6 is 11.3 Å². The highest BCUT2D eigenvalue weighted by Crippen LogP contribution is 2.27. The van der Waals surface area contributed by atoms with Gasteiger partial charge in [0.05, 0.1) is 25.8 Å². The van der Waals surface area contributed by atoms with E-state index in [0.717, 1.165) is 29.5 Å². The van der Waals surface area contributed by atoms with Crippen molar-refractivity contribution in [3.63, 3.8) is 0 Å². The van der Waals surface area contributed by atoms with Gasteiger partial charge < -0.3 is 4.74 Å². The SMILES string of the molecule is COc1ccc([C@@H](CN=C[C@H](C#N)c2nc(C)cs2)N2CCCC2)cc1. The topological polar surface area (TPSA) is 61.5 Å². The molecule has 1 aliphatic heterocycles. The number of ether oxygens (including phenoxy) is 1. The lowest BCUT2D eigenvalue weighted by molar-refractivity contribution is 0.252. The summed E-state index contributed by atoms with van der Waals surface area (Å²) in [4.78, 5) is 11.5. The van der Waals surface area contributed by atoms with E-state index in [4.69, 9.17) is 4.74 Å². The Hall–Kier alpha value is -2.23. The summed E-state index contributed by atoms with van der Waals surface area (Å²) in [6.45, 7) is 4.78. The van der Waals surface area contributed by atoms with Crippen molar-refractivity contribution < 1.29 is 4.74 Å². The zero-order valence-electron chi connectivity index (χ0n) is 15.3. The Morgan fingerprint density at radius 2 is 2.08 bits per heavy atom. The molecule has 1 saturated heterocycles. The fraction of sp³-hybridized carbons (Fsp3) is 0.450. The lowest BCUT2D eigenvalue weighted by atomic mass is 10.1. The maximum absolute atomic E-state index is 9.44. The van der Waals surface area contributed by atoms with Crippen molar-refractivity contribution in [1.82, 2.24) is 9.88 Å². The molecule has 1 aromatic heterocycles. The van der Waals surface area contributed by atoms with E-state index in [1.807, 2.05) is 24.4 Å². The minimum absolute atomic E-state index is 0.233. The minimum Gasteiger partial charge on any atom is -0.497 e. The summed E-state index contributed by atoms with van der Waals surface area (Å²) in [5, 5.41) is 12.2. The van der Waals surface area contributed by atoms with Gasteiger partial charge in [-0.1, -0.05) is 12.1 Å². The first kappa shape index (κ1) is 18.6. The normalized spacial score (nSPS) is 17.3. The number of nitrogens with zero attached hydrogens (tertiary/aromatic N) is 4. The second-order valence-electron chi connectivity index (χ2n) is 6.48. The van der Waals surface area contributed by atoms with E-state index < -0.39 is 0 Å². The zero-order chi connectivity index (χ0) is 18.4. The molecule has 0 unspecified atom stereocenters. The number of aromatic nitrogens is 1. The van der Waals surface area contributed by atoms with E-state index in [1.54, 1.807) is 13.3 Å². The number of aryl methyl sites for hydroxylation is 1. The molecular weight excluding hydrogens is 344 g/mol. The Morgan fingerprint density at radius 3 is 2.65 bits per heavy atom. The van der Waals surface area contributed by atoms with E-state index in [9.17, 15) is 5.26 Å². The number of nitriles is 1. The van der Waals surface area contributed by atoms with E-state index in [-0.39, 0.29) is 12.0 Å². The van der Waals surface area contributed by atoms with Crippen LogP contribution in [0.2, 0.25) is 0 Å². The van der Waals surface area contributed by atoms with Gasteiger partial charge in [0.1, 0.15) is 16.7 Å². The Kier molecular flexibility index (Phi) is 6.37.